The van der Waals surface area contributed by atoms with E-state index < -0.39 is 11.6 Å². The van der Waals surface area contributed by atoms with Crippen LogP contribution in [0.15, 0.2) is 0 Å². The Hall–Kier alpha value is -1.30. The molecule has 0 atom stereocenters. The summed E-state index contributed by atoms with van der Waals surface area (Å²) in [5.41, 5.74) is -0.522. The first-order valence-corrected chi connectivity index (χ1v) is 5.63. The lowest BCUT2D eigenvalue weighted by Crippen LogP contribution is -2.65. The van der Waals surface area contributed by atoms with Gasteiger partial charge in [0.15, 0.2) is 0 Å². The molecule has 0 spiro atoms. The van der Waals surface area contributed by atoms with Crippen molar-refractivity contribution in [3.63, 3.8) is 0 Å². The molecule has 17 heavy (non-hydrogen) atoms. The van der Waals surface area contributed by atoms with Crippen molar-refractivity contribution in [1.29, 1.82) is 0 Å². The van der Waals surface area contributed by atoms with E-state index in [9.17, 15) is 9.59 Å². The zero-order valence-electron chi connectivity index (χ0n) is 10.8. The van der Waals surface area contributed by atoms with Crippen molar-refractivity contribution in [1.82, 2.24) is 9.80 Å². The molecule has 6 heteroatoms. The predicted molar refractivity (Wildman–Crippen MR) is 61.9 cm³/mol. The molecule has 1 rings (SSSR count). The lowest BCUT2D eigenvalue weighted by molar-refractivity contribution is -0.160. The molecule has 2 amide bonds. The fraction of sp³-hybridized carbons (Fsp3) is 0.818. The normalized spacial score (nSPS) is 17.8. The van der Waals surface area contributed by atoms with Gasteiger partial charge >= 0.3 is 12.0 Å². The number of urea groups is 1. The fourth-order valence-electron chi connectivity index (χ4n) is 1.67. The molecular weight excluding hydrogens is 224 g/mol. The SMILES string of the molecule is CC(C)N(C)C(=O)N1CC(C)(OCC(=O)O)C1. The Kier molecular flexibility index (Phi) is 3.98. The second-order valence-corrected chi connectivity index (χ2v) is 4.98. The average molecular weight is 244 g/mol. The first-order chi connectivity index (χ1) is 7.75. The minimum Gasteiger partial charge on any atom is -0.480 e. The summed E-state index contributed by atoms with van der Waals surface area (Å²) in [6, 6.07) is 0.102. The Labute approximate surface area is 101 Å². The summed E-state index contributed by atoms with van der Waals surface area (Å²) in [7, 11) is 1.75. The van der Waals surface area contributed by atoms with Gasteiger partial charge in [0.25, 0.3) is 0 Å². The van der Waals surface area contributed by atoms with Gasteiger partial charge in [0.1, 0.15) is 12.2 Å². The molecular formula is C11H20N2O4. The van der Waals surface area contributed by atoms with Crippen LogP contribution in [-0.2, 0) is 9.53 Å². The molecule has 0 aliphatic carbocycles. The molecule has 0 aromatic heterocycles. The fourth-order valence-corrected chi connectivity index (χ4v) is 1.67. The zero-order chi connectivity index (χ0) is 13.2. The first-order valence-electron chi connectivity index (χ1n) is 5.63. The standard InChI is InChI=1S/C11H20N2O4/c1-8(2)12(4)10(16)13-6-11(3,7-13)17-5-9(14)15/h8H,5-7H2,1-4H3,(H,14,15). The first kappa shape index (κ1) is 13.8. The minimum atomic E-state index is -0.990. The number of carboxylic acid groups (broad SMARTS) is 1. The Morgan fingerprint density at radius 1 is 1.47 bits per heavy atom. The van der Waals surface area contributed by atoms with Gasteiger partial charge in [0.05, 0.1) is 13.1 Å². The average Bonchev–Trinajstić information content (AvgIpc) is 2.20. The van der Waals surface area contributed by atoms with Gasteiger partial charge in [-0.05, 0) is 20.8 Å². The number of carboxylic acids is 1. The Balaban J connectivity index is 2.40. The van der Waals surface area contributed by atoms with Crippen molar-refractivity contribution < 1.29 is 19.4 Å². The van der Waals surface area contributed by atoms with Gasteiger partial charge in [-0.25, -0.2) is 9.59 Å². The van der Waals surface area contributed by atoms with E-state index in [2.05, 4.69) is 0 Å². The second-order valence-electron chi connectivity index (χ2n) is 4.98. The second kappa shape index (κ2) is 4.91. The predicted octanol–water partition coefficient (Wildman–Crippen LogP) is 0.622. The zero-order valence-corrected chi connectivity index (χ0v) is 10.8. The van der Waals surface area contributed by atoms with Gasteiger partial charge in [-0.1, -0.05) is 0 Å². The smallest absolute Gasteiger partial charge is 0.329 e. The maximum Gasteiger partial charge on any atom is 0.329 e. The Morgan fingerprint density at radius 2 is 2.00 bits per heavy atom. The quantitative estimate of drug-likeness (QED) is 0.787. The number of carbonyl (C=O) groups excluding carboxylic acids is 1. The third kappa shape index (κ3) is 3.33. The van der Waals surface area contributed by atoms with E-state index in [1.165, 1.54) is 0 Å². The van der Waals surface area contributed by atoms with Crippen molar-refractivity contribution >= 4 is 12.0 Å². The van der Waals surface area contributed by atoms with Crippen molar-refractivity contribution in [2.24, 2.45) is 0 Å². The van der Waals surface area contributed by atoms with Crippen LogP contribution in [0.2, 0.25) is 0 Å². The summed E-state index contributed by atoms with van der Waals surface area (Å²) in [6.07, 6.45) is 0. The molecule has 1 aliphatic heterocycles. The third-order valence-electron chi connectivity index (χ3n) is 2.94. The van der Waals surface area contributed by atoms with Gasteiger partial charge in [0.2, 0.25) is 0 Å². The number of nitrogens with zero attached hydrogens (tertiary/aromatic N) is 2. The lowest BCUT2D eigenvalue weighted by atomic mass is 9.97. The molecule has 1 N–H and O–H groups in total. The Morgan fingerprint density at radius 3 is 2.41 bits per heavy atom. The summed E-state index contributed by atoms with van der Waals surface area (Å²) in [5, 5.41) is 8.52. The maximum absolute atomic E-state index is 11.9. The van der Waals surface area contributed by atoms with E-state index in [0.29, 0.717) is 13.1 Å². The third-order valence-corrected chi connectivity index (χ3v) is 2.94. The lowest BCUT2D eigenvalue weighted by Gasteiger charge is -2.48. The Bertz CT molecular complexity index is 311. The minimum absolute atomic E-state index is 0.0450. The van der Waals surface area contributed by atoms with E-state index in [1.807, 2.05) is 20.8 Å². The molecule has 0 saturated carbocycles. The highest BCUT2D eigenvalue weighted by molar-refractivity contribution is 5.75. The van der Waals surface area contributed by atoms with Crippen molar-refractivity contribution in [2.75, 3.05) is 26.7 Å². The molecule has 0 bridgehead atoms. The number of likely N-dealkylation sites (tertiary alicyclic amines) is 1. The molecule has 1 heterocycles. The van der Waals surface area contributed by atoms with Crippen LogP contribution in [0.5, 0.6) is 0 Å². The number of hydrogen-bond donors (Lipinski definition) is 1. The highest BCUT2D eigenvalue weighted by Gasteiger charge is 2.43. The van der Waals surface area contributed by atoms with E-state index in [1.54, 1.807) is 16.8 Å². The van der Waals surface area contributed by atoms with Gasteiger partial charge < -0.3 is 19.6 Å². The number of carbonyl (C=O) groups is 2. The van der Waals surface area contributed by atoms with Crippen LogP contribution < -0.4 is 0 Å². The molecule has 1 saturated heterocycles. The van der Waals surface area contributed by atoms with Gasteiger partial charge in [-0.3, -0.25) is 0 Å². The van der Waals surface area contributed by atoms with Crippen LogP contribution in [0.25, 0.3) is 0 Å². The topological polar surface area (TPSA) is 70.1 Å². The number of rotatable bonds is 4. The summed E-state index contributed by atoms with van der Waals surface area (Å²) in [6.45, 7) is 6.26. The highest BCUT2D eigenvalue weighted by atomic mass is 16.5. The van der Waals surface area contributed by atoms with E-state index >= 15 is 0 Å². The van der Waals surface area contributed by atoms with E-state index in [0.717, 1.165) is 0 Å². The van der Waals surface area contributed by atoms with Gasteiger partial charge in [-0.15, -0.1) is 0 Å². The molecule has 1 aliphatic rings. The van der Waals surface area contributed by atoms with E-state index in [4.69, 9.17) is 9.84 Å². The van der Waals surface area contributed by atoms with Crippen LogP contribution in [0, 0.1) is 0 Å². The van der Waals surface area contributed by atoms with E-state index in [-0.39, 0.29) is 18.7 Å². The highest BCUT2D eigenvalue weighted by Crippen LogP contribution is 2.25. The molecule has 6 nitrogen and oxygen atoms in total. The number of amides is 2. The van der Waals surface area contributed by atoms with Crippen LogP contribution in [0.1, 0.15) is 20.8 Å². The molecule has 0 radical (unpaired) electrons. The summed E-state index contributed by atoms with van der Waals surface area (Å²) >= 11 is 0. The van der Waals surface area contributed by atoms with Gasteiger partial charge in [-0.2, -0.15) is 0 Å². The van der Waals surface area contributed by atoms with Crippen LogP contribution >= 0.6 is 0 Å². The molecule has 0 aromatic rings. The molecule has 0 unspecified atom stereocenters. The summed E-state index contributed by atoms with van der Waals surface area (Å²) < 4.78 is 5.24. The number of ether oxygens (including phenoxy) is 1. The monoisotopic (exact) mass is 244 g/mol. The van der Waals surface area contributed by atoms with Crippen LogP contribution in [-0.4, -0.2) is 65.3 Å². The molecule has 1 fully saturated rings. The molecule has 0 aromatic carbocycles. The van der Waals surface area contributed by atoms with Crippen molar-refractivity contribution in [2.45, 2.75) is 32.4 Å². The summed E-state index contributed by atoms with van der Waals surface area (Å²) in [4.78, 5) is 25.6. The van der Waals surface area contributed by atoms with Crippen LogP contribution in [0.3, 0.4) is 0 Å². The maximum atomic E-state index is 11.9. The largest absolute Gasteiger partial charge is 0.480 e. The number of hydrogen-bond acceptors (Lipinski definition) is 3. The van der Waals surface area contributed by atoms with Crippen LogP contribution in [0.4, 0.5) is 4.79 Å². The number of aliphatic carboxylic acids is 1. The van der Waals surface area contributed by atoms with Crippen molar-refractivity contribution in [3.8, 4) is 0 Å². The van der Waals surface area contributed by atoms with Gasteiger partial charge in [0, 0.05) is 13.1 Å². The molecule has 98 valence electrons. The summed E-state index contributed by atoms with van der Waals surface area (Å²) in [5.74, 6) is -0.990. The van der Waals surface area contributed by atoms with Crippen molar-refractivity contribution in [3.05, 3.63) is 0 Å².